The lowest BCUT2D eigenvalue weighted by molar-refractivity contribution is 0.0944. The summed E-state index contributed by atoms with van der Waals surface area (Å²) in [6.45, 7) is 3.78. The number of hydrogen-bond donors (Lipinski definition) is 3. The van der Waals surface area contributed by atoms with E-state index in [2.05, 4.69) is 41.5 Å². The maximum atomic E-state index is 13.9. The summed E-state index contributed by atoms with van der Waals surface area (Å²) in [6, 6.07) is 10.2. The van der Waals surface area contributed by atoms with Crippen LogP contribution in [0.2, 0.25) is 0 Å². The summed E-state index contributed by atoms with van der Waals surface area (Å²) >= 11 is 3.51. The van der Waals surface area contributed by atoms with E-state index in [1.807, 2.05) is 19.1 Å². The molecule has 1 amide bonds. The molecule has 32 heavy (non-hydrogen) atoms. The fourth-order valence-corrected chi connectivity index (χ4v) is 3.43. The van der Waals surface area contributed by atoms with Crippen LogP contribution in [-0.2, 0) is 13.2 Å². The van der Waals surface area contributed by atoms with E-state index in [4.69, 9.17) is 15.2 Å². The maximum absolute atomic E-state index is 13.9. The van der Waals surface area contributed by atoms with Crippen molar-refractivity contribution < 1.29 is 23.3 Å². The number of halogens is 2. The van der Waals surface area contributed by atoms with Gasteiger partial charge in [0, 0.05) is 25.2 Å². The number of carbonyl (C=O) groups is 1. The third kappa shape index (κ3) is 6.17. The van der Waals surface area contributed by atoms with Crippen molar-refractivity contribution in [3.63, 3.8) is 0 Å². The van der Waals surface area contributed by atoms with Crippen molar-refractivity contribution in [1.29, 1.82) is 0 Å². The van der Waals surface area contributed by atoms with Gasteiger partial charge in [-0.1, -0.05) is 18.2 Å². The van der Waals surface area contributed by atoms with E-state index < -0.39 is 5.91 Å². The molecule has 4 N–H and O–H groups in total. The molecule has 2 aromatic carbocycles. The van der Waals surface area contributed by atoms with Gasteiger partial charge >= 0.3 is 0 Å². The first kappa shape index (κ1) is 23.5. The number of rotatable bonds is 11. The van der Waals surface area contributed by atoms with Gasteiger partial charge in [0.15, 0.2) is 11.5 Å². The minimum Gasteiger partial charge on any atom is -0.490 e. The number of hydrogen-bond acceptors (Lipinski definition) is 8. The highest BCUT2D eigenvalue weighted by molar-refractivity contribution is 9.10. The van der Waals surface area contributed by atoms with Crippen LogP contribution in [0.4, 0.5) is 10.2 Å². The van der Waals surface area contributed by atoms with E-state index >= 15 is 0 Å². The number of nitrogens with zero attached hydrogens (tertiary/aromatic N) is 2. The van der Waals surface area contributed by atoms with Gasteiger partial charge in [-0.3, -0.25) is 4.79 Å². The Balaban J connectivity index is 1.55. The van der Waals surface area contributed by atoms with Crippen molar-refractivity contribution >= 4 is 27.7 Å². The number of ether oxygens (including phenoxy) is 2. The molecule has 0 fully saturated rings. The van der Waals surface area contributed by atoms with E-state index in [1.165, 1.54) is 6.07 Å². The third-order valence-electron chi connectivity index (χ3n) is 4.34. The predicted octanol–water partition coefficient (Wildman–Crippen LogP) is 3.05. The average molecular weight is 508 g/mol. The Bertz CT molecular complexity index is 1060. The van der Waals surface area contributed by atoms with E-state index in [0.717, 1.165) is 5.56 Å². The van der Waals surface area contributed by atoms with Gasteiger partial charge in [0.25, 0.3) is 5.91 Å². The third-order valence-corrected chi connectivity index (χ3v) is 4.93. The Labute approximate surface area is 192 Å². The first-order valence-electron chi connectivity index (χ1n) is 9.88. The minimum absolute atomic E-state index is 0.0405. The molecule has 170 valence electrons. The summed E-state index contributed by atoms with van der Waals surface area (Å²) in [7, 11) is 0. The summed E-state index contributed by atoms with van der Waals surface area (Å²) in [5.74, 6) is 0.226. The Hall–Kier alpha value is -3.18. The summed E-state index contributed by atoms with van der Waals surface area (Å²) in [4.78, 5) is 11.9. The highest BCUT2D eigenvalue weighted by atomic mass is 79.9. The van der Waals surface area contributed by atoms with E-state index in [9.17, 15) is 9.18 Å². The number of carbonyl (C=O) groups excluding carboxylic acids is 1. The molecular weight excluding hydrogens is 485 g/mol. The van der Waals surface area contributed by atoms with Crippen LogP contribution < -0.4 is 25.8 Å². The minimum atomic E-state index is -0.455. The molecule has 9 nitrogen and oxygen atoms in total. The standard InChI is InChI=1S/C21H23BrFN5O4/c1-2-30-17-10-13(11-25-7-8-26-21(29)18-20(24)28-32-27-18)9-15(22)19(17)31-12-14-5-3-4-6-16(14)23/h3-6,9-10,25H,2,7-8,11-12H2,1H3,(H2,24,28)(H,26,29). The molecule has 0 aliphatic carbocycles. The van der Waals surface area contributed by atoms with Gasteiger partial charge in [0.2, 0.25) is 11.5 Å². The van der Waals surface area contributed by atoms with Gasteiger partial charge in [0.1, 0.15) is 12.4 Å². The fraction of sp³-hybridized carbons (Fsp3) is 0.286. The van der Waals surface area contributed by atoms with Gasteiger partial charge in [-0.15, -0.1) is 0 Å². The molecule has 1 heterocycles. The lowest BCUT2D eigenvalue weighted by Gasteiger charge is -2.16. The molecule has 11 heteroatoms. The molecule has 0 saturated carbocycles. The van der Waals surface area contributed by atoms with Crippen molar-refractivity contribution in [3.05, 3.63) is 63.5 Å². The average Bonchev–Trinajstić information content (AvgIpc) is 3.20. The van der Waals surface area contributed by atoms with Gasteiger partial charge in [-0.05, 0) is 56.9 Å². The Morgan fingerprint density at radius 2 is 2.03 bits per heavy atom. The van der Waals surface area contributed by atoms with Crippen molar-refractivity contribution in [2.45, 2.75) is 20.1 Å². The van der Waals surface area contributed by atoms with Crippen LogP contribution in [0.5, 0.6) is 11.5 Å². The molecule has 0 spiro atoms. The second-order valence-corrected chi connectivity index (χ2v) is 7.50. The molecule has 0 radical (unpaired) electrons. The Morgan fingerprint density at radius 3 is 2.75 bits per heavy atom. The van der Waals surface area contributed by atoms with Crippen molar-refractivity contribution in [2.24, 2.45) is 0 Å². The number of nitrogens with one attached hydrogen (secondary N) is 2. The number of aromatic nitrogens is 2. The van der Waals surface area contributed by atoms with Gasteiger partial charge < -0.3 is 25.8 Å². The van der Waals surface area contributed by atoms with E-state index in [0.29, 0.717) is 47.8 Å². The van der Waals surface area contributed by atoms with Crippen molar-refractivity contribution in [2.75, 3.05) is 25.4 Å². The maximum Gasteiger partial charge on any atom is 0.277 e. The van der Waals surface area contributed by atoms with Crippen LogP contribution in [0.1, 0.15) is 28.5 Å². The van der Waals surface area contributed by atoms with Crippen LogP contribution in [0.15, 0.2) is 45.5 Å². The lowest BCUT2D eigenvalue weighted by Crippen LogP contribution is -2.32. The Morgan fingerprint density at radius 1 is 1.22 bits per heavy atom. The fourth-order valence-electron chi connectivity index (χ4n) is 2.83. The van der Waals surface area contributed by atoms with Crippen molar-refractivity contribution in [1.82, 2.24) is 20.9 Å². The number of benzene rings is 2. The summed E-state index contributed by atoms with van der Waals surface area (Å²) in [5, 5.41) is 12.7. The number of nitrogens with two attached hydrogens (primary N) is 1. The Kier molecular flexibility index (Phi) is 8.40. The first-order chi connectivity index (χ1) is 15.5. The summed E-state index contributed by atoms with van der Waals surface area (Å²) in [6.07, 6.45) is 0. The molecular formula is C21H23BrFN5O4. The monoisotopic (exact) mass is 507 g/mol. The quantitative estimate of drug-likeness (QED) is 0.338. The zero-order valence-electron chi connectivity index (χ0n) is 17.4. The normalized spacial score (nSPS) is 10.7. The van der Waals surface area contributed by atoms with Gasteiger partial charge in [-0.25, -0.2) is 9.02 Å². The van der Waals surface area contributed by atoms with Gasteiger partial charge in [-0.2, -0.15) is 0 Å². The molecule has 3 aromatic rings. The molecule has 0 bridgehead atoms. The van der Waals surface area contributed by atoms with Crippen LogP contribution in [0, 0.1) is 5.82 Å². The SMILES string of the molecule is CCOc1cc(CNCCNC(=O)c2nonc2N)cc(Br)c1OCc1ccccc1F. The molecule has 0 aliphatic heterocycles. The number of anilines is 1. The zero-order chi connectivity index (χ0) is 22.9. The molecule has 1 aromatic heterocycles. The molecule has 3 rings (SSSR count). The molecule has 0 saturated heterocycles. The van der Waals surface area contributed by atoms with Crippen LogP contribution >= 0.6 is 15.9 Å². The van der Waals surface area contributed by atoms with Crippen molar-refractivity contribution in [3.8, 4) is 11.5 Å². The summed E-state index contributed by atoms with van der Waals surface area (Å²) in [5.41, 5.74) is 6.84. The largest absolute Gasteiger partial charge is 0.490 e. The predicted molar refractivity (Wildman–Crippen MR) is 119 cm³/mol. The highest BCUT2D eigenvalue weighted by Crippen LogP contribution is 2.37. The van der Waals surface area contributed by atoms with E-state index in [-0.39, 0.29) is 23.9 Å². The summed E-state index contributed by atoms with van der Waals surface area (Å²) < 4.78 is 30.6. The van der Waals surface area contributed by atoms with Crippen LogP contribution in [0.25, 0.3) is 0 Å². The van der Waals surface area contributed by atoms with Gasteiger partial charge in [0.05, 0.1) is 11.1 Å². The topological polar surface area (TPSA) is 125 Å². The van der Waals surface area contributed by atoms with Crippen LogP contribution in [-0.4, -0.2) is 35.9 Å². The van der Waals surface area contributed by atoms with E-state index in [1.54, 1.807) is 18.2 Å². The second-order valence-electron chi connectivity index (χ2n) is 6.65. The molecule has 0 aliphatic rings. The second kappa shape index (κ2) is 11.4. The zero-order valence-corrected chi connectivity index (χ0v) is 18.9. The first-order valence-corrected chi connectivity index (χ1v) is 10.7. The number of nitrogen functional groups attached to an aromatic ring is 1. The highest BCUT2D eigenvalue weighted by Gasteiger charge is 2.16. The lowest BCUT2D eigenvalue weighted by atomic mass is 10.2. The molecule has 0 atom stereocenters. The number of amides is 1. The smallest absolute Gasteiger partial charge is 0.277 e. The molecule has 0 unspecified atom stereocenters. The van der Waals surface area contributed by atoms with Crippen LogP contribution in [0.3, 0.4) is 0 Å².